The lowest BCUT2D eigenvalue weighted by Gasteiger charge is -2.03. The molecule has 0 radical (unpaired) electrons. The lowest BCUT2D eigenvalue weighted by Crippen LogP contribution is -2.26. The van der Waals surface area contributed by atoms with Crippen molar-refractivity contribution in [2.75, 3.05) is 20.3 Å². The summed E-state index contributed by atoms with van der Waals surface area (Å²) in [5.74, 6) is 0. The molecule has 2 heterocycles. The molecule has 2 aromatic heterocycles. The zero-order valence-corrected chi connectivity index (χ0v) is 12.3. The molecule has 0 unspecified atom stereocenters. The molecule has 0 aliphatic rings. The first-order valence-electron chi connectivity index (χ1n) is 5.66. The first-order valence-corrected chi connectivity index (χ1v) is 8.02. The van der Waals surface area contributed by atoms with Crippen LogP contribution in [-0.4, -0.2) is 38.9 Å². The highest BCUT2D eigenvalue weighted by Crippen LogP contribution is 2.26. The summed E-state index contributed by atoms with van der Waals surface area (Å²) in [5, 5.41) is 7.83. The van der Waals surface area contributed by atoms with Crippen molar-refractivity contribution in [2.24, 2.45) is 0 Å². The first-order chi connectivity index (χ1) is 9.53. The zero-order valence-electron chi connectivity index (χ0n) is 10.6. The average Bonchev–Trinajstić information content (AvgIpc) is 2.90. The fourth-order valence-electron chi connectivity index (χ4n) is 1.45. The molecule has 2 N–H and O–H groups in total. The average molecular weight is 315 g/mol. The molecule has 0 spiro atoms. The summed E-state index contributed by atoms with van der Waals surface area (Å²) in [4.78, 5) is 10.9. The summed E-state index contributed by atoms with van der Waals surface area (Å²) < 4.78 is 31.4. The van der Waals surface area contributed by atoms with Crippen LogP contribution in [0.25, 0.3) is 11.3 Å². The molecule has 0 fully saturated rings. The first kappa shape index (κ1) is 14.9. The summed E-state index contributed by atoms with van der Waals surface area (Å²) in [6, 6.07) is 4.39. The van der Waals surface area contributed by atoms with E-state index in [9.17, 15) is 13.2 Å². The van der Waals surface area contributed by atoms with E-state index in [0.717, 1.165) is 11.3 Å². The molecule has 0 aromatic carbocycles. The summed E-state index contributed by atoms with van der Waals surface area (Å²) in [6.45, 7) is 0.516. The molecular formula is C11H13N3O4S2. The van der Waals surface area contributed by atoms with E-state index in [1.807, 2.05) is 0 Å². The van der Waals surface area contributed by atoms with Gasteiger partial charge in [-0.1, -0.05) is 0 Å². The number of rotatable bonds is 6. The van der Waals surface area contributed by atoms with Crippen molar-refractivity contribution in [1.82, 2.24) is 14.9 Å². The van der Waals surface area contributed by atoms with E-state index >= 15 is 0 Å². The molecule has 0 amide bonds. The smallest absolute Gasteiger partial charge is 0.264 e. The van der Waals surface area contributed by atoms with Crippen molar-refractivity contribution in [3.63, 3.8) is 0 Å². The molecule has 0 saturated carbocycles. The largest absolute Gasteiger partial charge is 0.383 e. The normalized spacial score (nSPS) is 11.7. The summed E-state index contributed by atoms with van der Waals surface area (Å²) in [6.07, 6.45) is 0. The Bertz CT molecular complexity index is 716. The number of aromatic nitrogens is 2. The summed E-state index contributed by atoms with van der Waals surface area (Å²) >= 11 is 1.09. The van der Waals surface area contributed by atoms with Crippen molar-refractivity contribution in [2.45, 2.75) is 4.21 Å². The molecule has 9 heteroatoms. The Morgan fingerprint density at radius 1 is 1.45 bits per heavy atom. The Labute approximate surface area is 119 Å². The minimum Gasteiger partial charge on any atom is -0.383 e. The number of nitrogens with one attached hydrogen (secondary N) is 2. The highest BCUT2D eigenvalue weighted by Gasteiger charge is 2.17. The van der Waals surface area contributed by atoms with Crippen LogP contribution in [0.2, 0.25) is 0 Å². The second-order valence-electron chi connectivity index (χ2n) is 3.85. The van der Waals surface area contributed by atoms with Gasteiger partial charge in [0.15, 0.2) is 0 Å². The monoisotopic (exact) mass is 315 g/mol. The topological polar surface area (TPSA) is 101 Å². The quantitative estimate of drug-likeness (QED) is 0.753. The van der Waals surface area contributed by atoms with Gasteiger partial charge in [-0.3, -0.25) is 4.79 Å². The molecule has 0 atom stereocenters. The molecule has 0 aliphatic heterocycles. The van der Waals surface area contributed by atoms with E-state index in [1.165, 1.54) is 25.3 Å². The minimum absolute atomic E-state index is 0.191. The number of H-pyrrole nitrogens is 1. The Morgan fingerprint density at radius 2 is 2.25 bits per heavy atom. The van der Waals surface area contributed by atoms with Crippen LogP contribution in [0, 0.1) is 0 Å². The second-order valence-corrected chi connectivity index (χ2v) is 6.76. The lowest BCUT2D eigenvalue weighted by atomic mass is 10.2. The predicted octanol–water partition coefficient (Wildman–Crippen LogP) is 0.423. The SMILES string of the molecule is COCCNS(=O)(=O)c1cc(-c2ccc(=O)[nH]n2)cs1. The van der Waals surface area contributed by atoms with Crippen LogP contribution in [0.5, 0.6) is 0 Å². The summed E-state index contributed by atoms with van der Waals surface area (Å²) in [5.41, 5.74) is 0.843. The van der Waals surface area contributed by atoms with E-state index in [2.05, 4.69) is 14.9 Å². The zero-order chi connectivity index (χ0) is 14.6. The Morgan fingerprint density at radius 3 is 2.90 bits per heavy atom. The van der Waals surface area contributed by atoms with Gasteiger partial charge in [0.1, 0.15) is 4.21 Å². The Kier molecular flexibility index (Phi) is 4.65. The minimum atomic E-state index is -3.54. The van der Waals surface area contributed by atoms with E-state index in [4.69, 9.17) is 4.74 Å². The van der Waals surface area contributed by atoms with Crippen molar-refractivity contribution >= 4 is 21.4 Å². The molecule has 2 aromatic rings. The van der Waals surface area contributed by atoms with E-state index < -0.39 is 10.0 Å². The number of methoxy groups -OCH3 is 1. The van der Waals surface area contributed by atoms with Gasteiger partial charge in [-0.05, 0) is 12.1 Å². The highest BCUT2D eigenvalue weighted by atomic mass is 32.2. The maximum absolute atomic E-state index is 12.0. The third-order valence-electron chi connectivity index (χ3n) is 2.41. The Balaban J connectivity index is 2.20. The fraction of sp³-hybridized carbons (Fsp3) is 0.273. The number of sulfonamides is 1. The van der Waals surface area contributed by atoms with Gasteiger partial charge in [-0.25, -0.2) is 18.2 Å². The fourth-order valence-corrected chi connectivity index (χ4v) is 3.68. The number of ether oxygens (including phenoxy) is 1. The maximum atomic E-state index is 12.0. The van der Waals surface area contributed by atoms with Crippen LogP contribution >= 0.6 is 11.3 Å². The van der Waals surface area contributed by atoms with Crippen molar-refractivity contribution < 1.29 is 13.2 Å². The van der Waals surface area contributed by atoms with E-state index in [0.29, 0.717) is 17.9 Å². The van der Waals surface area contributed by atoms with Crippen LogP contribution < -0.4 is 10.3 Å². The van der Waals surface area contributed by atoms with Crippen LogP contribution in [0.4, 0.5) is 0 Å². The lowest BCUT2D eigenvalue weighted by molar-refractivity contribution is 0.204. The van der Waals surface area contributed by atoms with Gasteiger partial charge in [0.2, 0.25) is 10.0 Å². The molecule has 0 bridgehead atoms. The predicted molar refractivity (Wildman–Crippen MR) is 75.2 cm³/mol. The van der Waals surface area contributed by atoms with Crippen molar-refractivity contribution in [3.05, 3.63) is 33.9 Å². The number of hydrogen-bond donors (Lipinski definition) is 2. The summed E-state index contributed by atoms with van der Waals surface area (Å²) in [7, 11) is -2.04. The Hall–Kier alpha value is -1.55. The molecule has 0 saturated heterocycles. The molecule has 0 aliphatic carbocycles. The highest BCUT2D eigenvalue weighted by molar-refractivity contribution is 7.91. The molecule has 7 nitrogen and oxygen atoms in total. The molecule has 2 rings (SSSR count). The van der Waals surface area contributed by atoms with Gasteiger partial charge >= 0.3 is 0 Å². The van der Waals surface area contributed by atoms with Gasteiger partial charge in [0, 0.05) is 30.7 Å². The molecule has 108 valence electrons. The van der Waals surface area contributed by atoms with Crippen LogP contribution in [0.3, 0.4) is 0 Å². The molecular weight excluding hydrogens is 302 g/mol. The van der Waals surface area contributed by atoms with E-state index in [1.54, 1.807) is 5.38 Å². The number of nitrogens with zero attached hydrogens (tertiary/aromatic N) is 1. The number of thiophene rings is 1. The second kappa shape index (κ2) is 6.27. The number of hydrogen-bond acceptors (Lipinski definition) is 6. The van der Waals surface area contributed by atoms with Gasteiger partial charge in [0.25, 0.3) is 5.56 Å². The van der Waals surface area contributed by atoms with Crippen LogP contribution in [0.15, 0.2) is 32.6 Å². The number of aromatic amines is 1. The van der Waals surface area contributed by atoms with Gasteiger partial charge in [0.05, 0.1) is 12.3 Å². The van der Waals surface area contributed by atoms with Crippen molar-refractivity contribution in [3.8, 4) is 11.3 Å². The van der Waals surface area contributed by atoms with Crippen molar-refractivity contribution in [1.29, 1.82) is 0 Å². The third kappa shape index (κ3) is 3.51. The van der Waals surface area contributed by atoms with Crippen LogP contribution in [0.1, 0.15) is 0 Å². The third-order valence-corrected chi connectivity index (χ3v) is 5.31. The standard InChI is InChI=1S/C11H13N3O4S2/c1-18-5-4-12-20(16,17)11-6-8(7-19-11)9-2-3-10(15)14-13-9/h2-3,6-7,12H,4-5H2,1H3,(H,14,15). The van der Waals surface area contributed by atoms with Gasteiger partial charge in [-0.2, -0.15) is 5.10 Å². The van der Waals surface area contributed by atoms with E-state index in [-0.39, 0.29) is 16.3 Å². The van der Waals surface area contributed by atoms with Gasteiger partial charge < -0.3 is 4.74 Å². The van der Waals surface area contributed by atoms with Crippen LogP contribution in [-0.2, 0) is 14.8 Å². The van der Waals surface area contributed by atoms with Gasteiger partial charge in [-0.15, -0.1) is 11.3 Å². The maximum Gasteiger partial charge on any atom is 0.264 e. The molecule has 20 heavy (non-hydrogen) atoms.